The summed E-state index contributed by atoms with van der Waals surface area (Å²) in [6.45, 7) is 4.31. The van der Waals surface area contributed by atoms with Gasteiger partial charge in [-0.2, -0.15) is 0 Å². The molecule has 0 aliphatic carbocycles. The van der Waals surface area contributed by atoms with Crippen LogP contribution >= 0.6 is 0 Å². The highest BCUT2D eigenvalue weighted by Gasteiger charge is 2.11. The molecule has 0 aliphatic heterocycles. The van der Waals surface area contributed by atoms with E-state index in [2.05, 4.69) is 31.3 Å². The van der Waals surface area contributed by atoms with Crippen LogP contribution in [0, 0.1) is 0 Å². The van der Waals surface area contributed by atoms with Crippen molar-refractivity contribution in [3.8, 4) is 11.5 Å². The van der Waals surface area contributed by atoms with Gasteiger partial charge in [-0.05, 0) is 41.8 Å². The number of ether oxygens (including phenoxy) is 2. The number of ketones is 1. The van der Waals surface area contributed by atoms with Crippen molar-refractivity contribution in [2.75, 3.05) is 19.5 Å². The third kappa shape index (κ3) is 4.38. The maximum Gasteiger partial charge on any atom is 0.191 e. The summed E-state index contributed by atoms with van der Waals surface area (Å²) in [6.07, 6.45) is 3.11. The Morgan fingerprint density at radius 3 is 2.33 bits per heavy atom. The predicted molar refractivity (Wildman–Crippen MR) is 97.2 cm³/mol. The van der Waals surface area contributed by atoms with Crippen molar-refractivity contribution in [3.05, 3.63) is 65.9 Å². The Balaban J connectivity index is 2.07. The number of allylic oxidation sites excluding steroid dienone is 1. The van der Waals surface area contributed by atoms with E-state index in [1.54, 1.807) is 31.5 Å². The molecule has 0 fully saturated rings. The summed E-state index contributed by atoms with van der Waals surface area (Å²) >= 11 is 0. The molecule has 0 aliphatic rings. The zero-order valence-corrected chi connectivity index (χ0v) is 14.5. The number of carbonyl (C=O) groups excluding carboxylic acids is 1. The number of hydrogen-bond acceptors (Lipinski definition) is 4. The fourth-order valence-electron chi connectivity index (χ4n) is 2.27. The van der Waals surface area contributed by atoms with Crippen molar-refractivity contribution in [3.63, 3.8) is 0 Å². The molecule has 0 bridgehead atoms. The molecule has 2 aromatic rings. The van der Waals surface area contributed by atoms with Gasteiger partial charge in [0.15, 0.2) is 5.78 Å². The molecule has 0 heterocycles. The minimum absolute atomic E-state index is 0.156. The Morgan fingerprint density at radius 2 is 1.75 bits per heavy atom. The van der Waals surface area contributed by atoms with Crippen LogP contribution in [0.1, 0.15) is 35.7 Å². The highest BCUT2D eigenvalue weighted by atomic mass is 16.5. The van der Waals surface area contributed by atoms with E-state index in [0.717, 1.165) is 5.69 Å². The highest BCUT2D eigenvalue weighted by Crippen LogP contribution is 2.24. The van der Waals surface area contributed by atoms with Gasteiger partial charge in [0.05, 0.1) is 19.8 Å². The van der Waals surface area contributed by atoms with Crippen molar-refractivity contribution in [2.45, 2.75) is 19.8 Å². The van der Waals surface area contributed by atoms with Crippen molar-refractivity contribution < 1.29 is 14.3 Å². The van der Waals surface area contributed by atoms with Gasteiger partial charge in [-0.15, -0.1) is 0 Å². The first-order valence-electron chi connectivity index (χ1n) is 7.84. The minimum Gasteiger partial charge on any atom is -0.497 e. The van der Waals surface area contributed by atoms with Crippen LogP contribution in [-0.2, 0) is 0 Å². The summed E-state index contributed by atoms with van der Waals surface area (Å²) in [7, 11) is 3.10. The monoisotopic (exact) mass is 325 g/mol. The standard InChI is InChI=1S/C20H23NO3/c1-14(2)15-5-7-16(8-6-15)21-12-11-19(22)18-13-17(23-3)9-10-20(18)24-4/h5-14,21H,1-4H3. The number of anilines is 1. The molecular weight excluding hydrogens is 302 g/mol. The molecule has 4 nitrogen and oxygen atoms in total. The van der Waals surface area contributed by atoms with Crippen LogP contribution in [0.25, 0.3) is 0 Å². The second kappa shape index (κ2) is 8.20. The Bertz CT molecular complexity index is 718. The van der Waals surface area contributed by atoms with E-state index in [0.29, 0.717) is 23.0 Å². The third-order valence-corrected chi connectivity index (χ3v) is 3.73. The highest BCUT2D eigenvalue weighted by molar-refractivity contribution is 6.06. The number of hydrogen-bond donors (Lipinski definition) is 1. The lowest BCUT2D eigenvalue weighted by Crippen LogP contribution is -2.01. The number of benzene rings is 2. The van der Waals surface area contributed by atoms with E-state index in [1.165, 1.54) is 18.7 Å². The van der Waals surface area contributed by atoms with Gasteiger partial charge in [0.1, 0.15) is 11.5 Å². The summed E-state index contributed by atoms with van der Waals surface area (Å²) in [5, 5.41) is 3.10. The lowest BCUT2D eigenvalue weighted by atomic mass is 10.0. The fraction of sp³-hybridized carbons (Fsp3) is 0.250. The molecule has 0 aromatic heterocycles. The molecule has 0 atom stereocenters. The van der Waals surface area contributed by atoms with E-state index in [4.69, 9.17) is 9.47 Å². The molecule has 0 saturated carbocycles. The van der Waals surface area contributed by atoms with Gasteiger partial charge in [-0.25, -0.2) is 0 Å². The molecule has 4 heteroatoms. The van der Waals surface area contributed by atoms with Crippen LogP contribution in [0.3, 0.4) is 0 Å². The smallest absolute Gasteiger partial charge is 0.191 e. The molecule has 2 rings (SSSR count). The quantitative estimate of drug-likeness (QED) is 0.595. The van der Waals surface area contributed by atoms with Gasteiger partial charge < -0.3 is 14.8 Å². The molecule has 1 N–H and O–H groups in total. The van der Waals surface area contributed by atoms with Gasteiger partial charge in [0, 0.05) is 18.0 Å². The molecule has 24 heavy (non-hydrogen) atoms. The average Bonchev–Trinajstić information content (AvgIpc) is 2.61. The minimum atomic E-state index is -0.156. The van der Waals surface area contributed by atoms with Gasteiger partial charge >= 0.3 is 0 Å². The lowest BCUT2D eigenvalue weighted by Gasteiger charge is -2.08. The summed E-state index contributed by atoms with van der Waals surface area (Å²) in [6, 6.07) is 13.3. The Morgan fingerprint density at radius 1 is 1.04 bits per heavy atom. The van der Waals surface area contributed by atoms with Crippen LogP contribution in [-0.4, -0.2) is 20.0 Å². The number of methoxy groups -OCH3 is 2. The molecular formula is C20H23NO3. The summed E-state index contributed by atoms with van der Waals surface area (Å²) in [5.41, 5.74) is 2.67. The Hall–Kier alpha value is -2.75. The van der Waals surface area contributed by atoms with Gasteiger partial charge in [0.25, 0.3) is 0 Å². The van der Waals surface area contributed by atoms with Crippen molar-refractivity contribution in [1.82, 2.24) is 0 Å². The topological polar surface area (TPSA) is 47.6 Å². The van der Waals surface area contributed by atoms with E-state index in [9.17, 15) is 4.79 Å². The van der Waals surface area contributed by atoms with Crippen LogP contribution in [0.15, 0.2) is 54.7 Å². The SMILES string of the molecule is COc1ccc(OC)c(C(=O)C=CNc2ccc(C(C)C)cc2)c1. The number of nitrogens with one attached hydrogen (secondary N) is 1. The first-order chi connectivity index (χ1) is 11.5. The normalized spacial score (nSPS) is 10.9. The van der Waals surface area contributed by atoms with E-state index in [1.807, 2.05) is 12.1 Å². The van der Waals surface area contributed by atoms with Crippen LogP contribution in [0.5, 0.6) is 11.5 Å². The summed E-state index contributed by atoms with van der Waals surface area (Å²) in [5.74, 6) is 1.48. The maximum atomic E-state index is 12.4. The second-order valence-corrected chi connectivity index (χ2v) is 5.68. The first-order valence-corrected chi connectivity index (χ1v) is 7.84. The second-order valence-electron chi connectivity index (χ2n) is 5.68. The van der Waals surface area contributed by atoms with E-state index >= 15 is 0 Å². The first kappa shape index (κ1) is 17.6. The third-order valence-electron chi connectivity index (χ3n) is 3.73. The zero-order chi connectivity index (χ0) is 17.5. The predicted octanol–water partition coefficient (Wildman–Crippen LogP) is 4.64. The number of carbonyl (C=O) groups is 1. The molecule has 0 saturated heterocycles. The van der Waals surface area contributed by atoms with Crippen LogP contribution in [0.2, 0.25) is 0 Å². The zero-order valence-electron chi connectivity index (χ0n) is 14.5. The largest absolute Gasteiger partial charge is 0.497 e. The van der Waals surface area contributed by atoms with Gasteiger partial charge in [-0.3, -0.25) is 4.79 Å². The molecule has 0 unspecified atom stereocenters. The summed E-state index contributed by atoms with van der Waals surface area (Å²) in [4.78, 5) is 12.4. The molecule has 0 spiro atoms. The van der Waals surface area contributed by atoms with Crippen LogP contribution in [0.4, 0.5) is 5.69 Å². The fourth-order valence-corrected chi connectivity index (χ4v) is 2.27. The number of rotatable bonds is 7. The van der Waals surface area contributed by atoms with Crippen LogP contribution < -0.4 is 14.8 Å². The van der Waals surface area contributed by atoms with Gasteiger partial charge in [0.2, 0.25) is 0 Å². The molecule has 2 aromatic carbocycles. The van der Waals surface area contributed by atoms with Crippen molar-refractivity contribution in [2.24, 2.45) is 0 Å². The molecule has 0 amide bonds. The lowest BCUT2D eigenvalue weighted by molar-refractivity contribution is 0.104. The Labute approximate surface area is 143 Å². The average molecular weight is 325 g/mol. The summed E-state index contributed by atoms with van der Waals surface area (Å²) < 4.78 is 10.4. The van der Waals surface area contributed by atoms with E-state index in [-0.39, 0.29) is 5.78 Å². The van der Waals surface area contributed by atoms with Gasteiger partial charge in [-0.1, -0.05) is 26.0 Å². The maximum absolute atomic E-state index is 12.4. The Kier molecular flexibility index (Phi) is 6.01. The molecule has 0 radical (unpaired) electrons. The van der Waals surface area contributed by atoms with E-state index < -0.39 is 0 Å². The molecule has 126 valence electrons. The van der Waals surface area contributed by atoms with Crippen molar-refractivity contribution >= 4 is 11.5 Å². The van der Waals surface area contributed by atoms with Crippen molar-refractivity contribution in [1.29, 1.82) is 0 Å².